The molecule has 2 rings (SSSR count). The first-order valence-corrected chi connectivity index (χ1v) is 5.33. The molecule has 6 nitrogen and oxygen atoms in total. The Bertz CT molecular complexity index is 445. The molecule has 1 atom stereocenters. The number of anilines is 1. The Hall–Kier alpha value is -1.80. The average molecular weight is 264 g/mol. The fraction of sp³-hybridized carbons (Fsp3) is 0.667. The Labute approximate surface area is 99.9 Å². The van der Waals surface area contributed by atoms with Gasteiger partial charge in [-0.2, -0.15) is 13.2 Å². The Morgan fingerprint density at radius 3 is 2.72 bits per heavy atom. The Kier molecular flexibility index (Phi) is 3.14. The monoisotopic (exact) mass is 264 g/mol. The summed E-state index contributed by atoms with van der Waals surface area (Å²) in [5, 5.41) is 6.52. The number of carbonyl (C=O) groups excluding carboxylic acids is 1. The fourth-order valence-corrected chi connectivity index (χ4v) is 1.92. The number of halogens is 3. The molecule has 1 amide bonds. The van der Waals surface area contributed by atoms with Gasteiger partial charge < -0.3 is 10.6 Å². The third-order valence-electron chi connectivity index (χ3n) is 2.89. The summed E-state index contributed by atoms with van der Waals surface area (Å²) in [6, 6.07) is 0. The maximum atomic E-state index is 12.6. The number of aromatic nitrogens is 2. The van der Waals surface area contributed by atoms with Crippen LogP contribution < -0.4 is 5.73 Å². The number of nitrogens with two attached hydrogens (primary N) is 1. The van der Waals surface area contributed by atoms with Crippen molar-refractivity contribution in [3.05, 3.63) is 5.69 Å². The van der Waals surface area contributed by atoms with Crippen LogP contribution in [0.2, 0.25) is 0 Å². The van der Waals surface area contributed by atoms with E-state index < -0.39 is 18.0 Å². The quantitative estimate of drug-likeness (QED) is 0.819. The first kappa shape index (κ1) is 12.7. The lowest BCUT2D eigenvalue weighted by atomic mass is 9.97. The standard InChI is InChI=1S/C9H11F3N4O2/c10-9(11,12)5-2-1-3-16(4-5)8(17)6-7(13)15-18-14-6/h5H,1-4H2,(H2,13,15). The number of amides is 1. The first-order valence-electron chi connectivity index (χ1n) is 5.33. The number of nitrogen functional groups attached to an aromatic ring is 1. The highest BCUT2D eigenvalue weighted by Gasteiger charge is 2.43. The van der Waals surface area contributed by atoms with Crippen molar-refractivity contribution >= 4 is 11.7 Å². The van der Waals surface area contributed by atoms with Gasteiger partial charge in [-0.1, -0.05) is 0 Å². The number of carbonyl (C=O) groups is 1. The SMILES string of the molecule is Nc1nonc1C(=O)N1CCCC(C(F)(F)F)C1. The zero-order chi connectivity index (χ0) is 13.3. The van der Waals surface area contributed by atoms with Gasteiger partial charge in [0.1, 0.15) is 0 Å². The van der Waals surface area contributed by atoms with Gasteiger partial charge in [0.05, 0.1) is 5.92 Å². The van der Waals surface area contributed by atoms with E-state index in [9.17, 15) is 18.0 Å². The van der Waals surface area contributed by atoms with Crippen molar-refractivity contribution < 1.29 is 22.6 Å². The molecule has 1 aromatic rings. The predicted molar refractivity (Wildman–Crippen MR) is 53.4 cm³/mol. The molecule has 0 saturated carbocycles. The van der Waals surface area contributed by atoms with E-state index in [1.54, 1.807) is 0 Å². The molecule has 1 aromatic heterocycles. The van der Waals surface area contributed by atoms with Crippen molar-refractivity contribution in [2.45, 2.75) is 19.0 Å². The molecule has 18 heavy (non-hydrogen) atoms. The van der Waals surface area contributed by atoms with Crippen LogP contribution in [0.4, 0.5) is 19.0 Å². The average Bonchev–Trinajstić information content (AvgIpc) is 2.73. The highest BCUT2D eigenvalue weighted by molar-refractivity contribution is 5.96. The van der Waals surface area contributed by atoms with E-state index in [4.69, 9.17) is 5.73 Å². The number of alkyl halides is 3. The molecule has 9 heteroatoms. The van der Waals surface area contributed by atoms with Gasteiger partial charge in [-0.05, 0) is 23.2 Å². The van der Waals surface area contributed by atoms with Crippen molar-refractivity contribution in [3.63, 3.8) is 0 Å². The number of hydrogen-bond donors (Lipinski definition) is 1. The first-order chi connectivity index (χ1) is 8.39. The van der Waals surface area contributed by atoms with E-state index in [0.717, 1.165) is 4.90 Å². The molecule has 0 bridgehead atoms. The van der Waals surface area contributed by atoms with Gasteiger partial charge in [0, 0.05) is 13.1 Å². The fourth-order valence-electron chi connectivity index (χ4n) is 1.92. The summed E-state index contributed by atoms with van der Waals surface area (Å²) in [5.74, 6) is -2.40. The molecule has 2 N–H and O–H groups in total. The van der Waals surface area contributed by atoms with Gasteiger partial charge in [0.2, 0.25) is 11.5 Å². The van der Waals surface area contributed by atoms with E-state index in [-0.39, 0.29) is 31.0 Å². The molecule has 0 radical (unpaired) electrons. The van der Waals surface area contributed by atoms with E-state index in [2.05, 4.69) is 14.9 Å². The number of likely N-dealkylation sites (tertiary alicyclic amines) is 1. The van der Waals surface area contributed by atoms with Crippen molar-refractivity contribution in [2.75, 3.05) is 18.8 Å². The van der Waals surface area contributed by atoms with Gasteiger partial charge in [0.25, 0.3) is 5.91 Å². The summed E-state index contributed by atoms with van der Waals surface area (Å²) in [4.78, 5) is 13.0. The largest absolute Gasteiger partial charge is 0.393 e. The second-order valence-corrected chi connectivity index (χ2v) is 4.13. The topological polar surface area (TPSA) is 85.2 Å². The van der Waals surface area contributed by atoms with E-state index in [0.29, 0.717) is 6.42 Å². The molecule has 100 valence electrons. The minimum Gasteiger partial charge on any atom is -0.379 e. The second kappa shape index (κ2) is 4.46. The minimum atomic E-state index is -4.30. The van der Waals surface area contributed by atoms with Gasteiger partial charge in [-0.15, -0.1) is 0 Å². The van der Waals surface area contributed by atoms with Crippen molar-refractivity contribution in [2.24, 2.45) is 5.92 Å². The Morgan fingerprint density at radius 1 is 1.44 bits per heavy atom. The molecular weight excluding hydrogens is 253 g/mol. The molecular formula is C9H11F3N4O2. The highest BCUT2D eigenvalue weighted by Crippen LogP contribution is 2.33. The maximum absolute atomic E-state index is 12.6. The molecule has 0 aromatic carbocycles. The van der Waals surface area contributed by atoms with Crippen LogP contribution in [0.25, 0.3) is 0 Å². The lowest BCUT2D eigenvalue weighted by molar-refractivity contribution is -0.184. The van der Waals surface area contributed by atoms with Crippen LogP contribution in [-0.2, 0) is 0 Å². The van der Waals surface area contributed by atoms with Crippen molar-refractivity contribution in [1.29, 1.82) is 0 Å². The van der Waals surface area contributed by atoms with E-state index in [1.807, 2.05) is 0 Å². The summed E-state index contributed by atoms with van der Waals surface area (Å²) in [7, 11) is 0. The molecule has 1 saturated heterocycles. The molecule has 1 aliphatic heterocycles. The normalized spacial score (nSPS) is 21.1. The molecule has 1 unspecified atom stereocenters. The summed E-state index contributed by atoms with van der Waals surface area (Å²) < 4.78 is 42.0. The maximum Gasteiger partial charge on any atom is 0.393 e. The highest BCUT2D eigenvalue weighted by atomic mass is 19.4. The molecule has 2 heterocycles. The summed E-state index contributed by atoms with van der Waals surface area (Å²) in [6.45, 7) is -0.133. The van der Waals surface area contributed by atoms with Crippen LogP contribution in [-0.4, -0.2) is 40.4 Å². The predicted octanol–water partition coefficient (Wildman–Crippen LogP) is 1.07. The van der Waals surface area contributed by atoms with Gasteiger partial charge in [0.15, 0.2) is 0 Å². The summed E-state index contributed by atoms with van der Waals surface area (Å²) >= 11 is 0. The van der Waals surface area contributed by atoms with Crippen LogP contribution >= 0.6 is 0 Å². The second-order valence-electron chi connectivity index (χ2n) is 4.13. The van der Waals surface area contributed by atoms with Gasteiger partial charge >= 0.3 is 6.18 Å². The van der Waals surface area contributed by atoms with Crippen molar-refractivity contribution in [3.8, 4) is 0 Å². The number of piperidine rings is 1. The van der Waals surface area contributed by atoms with E-state index in [1.165, 1.54) is 0 Å². The number of rotatable bonds is 1. The van der Waals surface area contributed by atoms with Gasteiger partial charge in [-0.3, -0.25) is 4.79 Å². The zero-order valence-electron chi connectivity index (χ0n) is 9.28. The van der Waals surface area contributed by atoms with Crippen LogP contribution in [0.5, 0.6) is 0 Å². The van der Waals surface area contributed by atoms with Crippen molar-refractivity contribution in [1.82, 2.24) is 15.2 Å². The van der Waals surface area contributed by atoms with Crippen LogP contribution in [0, 0.1) is 5.92 Å². The molecule has 0 aliphatic carbocycles. The smallest absolute Gasteiger partial charge is 0.379 e. The van der Waals surface area contributed by atoms with Crippen LogP contribution in [0.1, 0.15) is 23.3 Å². The lowest BCUT2D eigenvalue weighted by Crippen LogP contribution is -2.44. The summed E-state index contributed by atoms with van der Waals surface area (Å²) in [6.07, 6.45) is -3.98. The number of hydrogen-bond acceptors (Lipinski definition) is 5. The van der Waals surface area contributed by atoms with Gasteiger partial charge in [-0.25, -0.2) is 4.63 Å². The van der Waals surface area contributed by atoms with Crippen LogP contribution in [0.3, 0.4) is 0 Å². The molecule has 1 aliphatic rings. The minimum absolute atomic E-state index is 0.0276. The Morgan fingerprint density at radius 2 is 2.17 bits per heavy atom. The number of nitrogens with zero attached hydrogens (tertiary/aromatic N) is 3. The summed E-state index contributed by atoms with van der Waals surface area (Å²) in [5.41, 5.74) is 5.09. The molecule has 1 fully saturated rings. The lowest BCUT2D eigenvalue weighted by Gasteiger charge is -2.33. The molecule has 0 spiro atoms. The Balaban J connectivity index is 2.10. The third kappa shape index (κ3) is 2.39. The van der Waals surface area contributed by atoms with E-state index >= 15 is 0 Å². The third-order valence-corrected chi connectivity index (χ3v) is 2.89. The zero-order valence-corrected chi connectivity index (χ0v) is 9.28. The van der Waals surface area contributed by atoms with Crippen LogP contribution in [0.15, 0.2) is 4.63 Å².